The van der Waals surface area contributed by atoms with E-state index in [1.54, 1.807) is 6.26 Å². The Bertz CT molecular complexity index is 747. The number of hydrogen-bond donors (Lipinski definition) is 0. The molecule has 2 aromatic heterocycles. The zero-order chi connectivity index (χ0) is 11.3. The lowest BCUT2D eigenvalue weighted by Crippen LogP contribution is -2.01. The zero-order valence-electron chi connectivity index (χ0n) is 9.03. The van der Waals surface area contributed by atoms with Gasteiger partial charge in [-0.3, -0.25) is 4.79 Å². The summed E-state index contributed by atoms with van der Waals surface area (Å²) in [6.45, 7) is 3.81. The fraction of sp³-hybridized carbons (Fsp3) is 0.154. The van der Waals surface area contributed by atoms with Gasteiger partial charge >= 0.3 is 0 Å². The highest BCUT2D eigenvalue weighted by Crippen LogP contribution is 2.30. The predicted octanol–water partition coefficient (Wildman–Crippen LogP) is 3.16. The van der Waals surface area contributed by atoms with Crippen LogP contribution in [0.4, 0.5) is 0 Å². The van der Waals surface area contributed by atoms with E-state index in [0.29, 0.717) is 11.0 Å². The van der Waals surface area contributed by atoms with Crippen LogP contribution in [0.5, 0.6) is 0 Å². The minimum atomic E-state index is -0.00931. The van der Waals surface area contributed by atoms with Gasteiger partial charge in [0.1, 0.15) is 11.2 Å². The molecule has 0 aliphatic carbocycles. The SMILES string of the molecule is Cc1c2occc2c(C)c2c(=O)ccoc12. The van der Waals surface area contributed by atoms with Crippen molar-refractivity contribution in [1.82, 2.24) is 0 Å². The normalized spacial score (nSPS) is 11.4. The van der Waals surface area contributed by atoms with Crippen LogP contribution in [-0.4, -0.2) is 0 Å². The fourth-order valence-electron chi connectivity index (χ4n) is 2.18. The van der Waals surface area contributed by atoms with Crippen LogP contribution < -0.4 is 5.43 Å². The van der Waals surface area contributed by atoms with Crippen LogP contribution in [0.25, 0.3) is 21.9 Å². The number of furan rings is 1. The molecule has 16 heavy (non-hydrogen) atoms. The Morgan fingerprint density at radius 1 is 0.938 bits per heavy atom. The molecule has 3 heteroatoms. The number of fused-ring (bicyclic) bond motifs is 2. The molecule has 0 radical (unpaired) electrons. The lowest BCUT2D eigenvalue weighted by Gasteiger charge is -2.04. The van der Waals surface area contributed by atoms with Crippen LogP contribution in [0.15, 0.2) is 38.3 Å². The maximum atomic E-state index is 11.8. The minimum Gasteiger partial charge on any atom is -0.464 e. The van der Waals surface area contributed by atoms with Gasteiger partial charge in [0, 0.05) is 17.0 Å². The summed E-state index contributed by atoms with van der Waals surface area (Å²) in [6, 6.07) is 3.32. The molecule has 3 rings (SSSR count). The zero-order valence-corrected chi connectivity index (χ0v) is 9.03. The van der Waals surface area contributed by atoms with Gasteiger partial charge in [-0.25, -0.2) is 0 Å². The molecule has 0 aliphatic heterocycles. The Morgan fingerprint density at radius 3 is 2.44 bits per heavy atom. The van der Waals surface area contributed by atoms with Gasteiger partial charge in [-0.2, -0.15) is 0 Å². The third kappa shape index (κ3) is 0.999. The lowest BCUT2D eigenvalue weighted by atomic mass is 10.0. The average Bonchev–Trinajstić information content (AvgIpc) is 2.75. The third-order valence-corrected chi connectivity index (χ3v) is 3.00. The molecule has 0 spiro atoms. The van der Waals surface area contributed by atoms with E-state index in [4.69, 9.17) is 8.83 Å². The van der Waals surface area contributed by atoms with E-state index in [0.717, 1.165) is 22.1 Å². The molecule has 0 N–H and O–H groups in total. The van der Waals surface area contributed by atoms with Gasteiger partial charge in [0.2, 0.25) is 0 Å². The van der Waals surface area contributed by atoms with Crippen molar-refractivity contribution >= 4 is 21.9 Å². The summed E-state index contributed by atoms with van der Waals surface area (Å²) in [4.78, 5) is 11.8. The summed E-state index contributed by atoms with van der Waals surface area (Å²) in [6.07, 6.45) is 3.06. The smallest absolute Gasteiger partial charge is 0.192 e. The molecule has 0 amide bonds. The van der Waals surface area contributed by atoms with Crippen LogP contribution in [0.2, 0.25) is 0 Å². The summed E-state index contributed by atoms with van der Waals surface area (Å²) >= 11 is 0. The van der Waals surface area contributed by atoms with E-state index in [2.05, 4.69) is 0 Å². The van der Waals surface area contributed by atoms with E-state index < -0.39 is 0 Å². The van der Waals surface area contributed by atoms with E-state index >= 15 is 0 Å². The molecule has 0 bridgehead atoms. The highest BCUT2D eigenvalue weighted by atomic mass is 16.3. The monoisotopic (exact) mass is 214 g/mol. The Kier molecular flexibility index (Phi) is 1.72. The van der Waals surface area contributed by atoms with Gasteiger partial charge in [0.05, 0.1) is 17.9 Å². The van der Waals surface area contributed by atoms with E-state index in [1.807, 2.05) is 19.9 Å². The fourth-order valence-corrected chi connectivity index (χ4v) is 2.18. The first kappa shape index (κ1) is 9.21. The van der Waals surface area contributed by atoms with E-state index in [1.165, 1.54) is 12.3 Å². The van der Waals surface area contributed by atoms with Gasteiger partial charge < -0.3 is 8.83 Å². The molecule has 0 fully saturated rings. The molecule has 2 heterocycles. The highest BCUT2D eigenvalue weighted by Gasteiger charge is 2.14. The third-order valence-electron chi connectivity index (χ3n) is 3.00. The minimum absolute atomic E-state index is 0.00931. The maximum absolute atomic E-state index is 11.8. The Labute approximate surface area is 91.3 Å². The average molecular weight is 214 g/mol. The quantitative estimate of drug-likeness (QED) is 0.577. The number of hydrogen-bond acceptors (Lipinski definition) is 3. The van der Waals surface area contributed by atoms with E-state index in [-0.39, 0.29) is 5.43 Å². The summed E-state index contributed by atoms with van der Waals surface area (Å²) in [5, 5.41) is 1.62. The molecule has 3 aromatic rings. The summed E-state index contributed by atoms with van der Waals surface area (Å²) in [7, 11) is 0. The second-order valence-electron chi connectivity index (χ2n) is 3.90. The van der Waals surface area contributed by atoms with Crippen molar-refractivity contribution < 1.29 is 8.83 Å². The first-order valence-electron chi connectivity index (χ1n) is 5.08. The second kappa shape index (κ2) is 2.98. The second-order valence-corrected chi connectivity index (χ2v) is 3.90. The predicted molar refractivity (Wildman–Crippen MR) is 61.7 cm³/mol. The van der Waals surface area contributed by atoms with E-state index in [9.17, 15) is 4.79 Å². The number of aryl methyl sites for hydroxylation is 2. The van der Waals surface area contributed by atoms with Gasteiger partial charge in [0.25, 0.3) is 0 Å². The van der Waals surface area contributed by atoms with Crippen molar-refractivity contribution in [2.75, 3.05) is 0 Å². The lowest BCUT2D eigenvalue weighted by molar-refractivity contribution is 0.591. The number of benzene rings is 1. The largest absolute Gasteiger partial charge is 0.464 e. The van der Waals surface area contributed by atoms with Crippen molar-refractivity contribution in [2.24, 2.45) is 0 Å². The Morgan fingerprint density at radius 2 is 1.62 bits per heavy atom. The van der Waals surface area contributed by atoms with Crippen molar-refractivity contribution in [3.05, 3.63) is 46.0 Å². The first-order chi connectivity index (χ1) is 7.70. The van der Waals surface area contributed by atoms with Crippen LogP contribution in [0.3, 0.4) is 0 Å². The molecule has 0 saturated carbocycles. The van der Waals surface area contributed by atoms with Gasteiger partial charge in [-0.1, -0.05) is 0 Å². The van der Waals surface area contributed by atoms with Crippen LogP contribution in [-0.2, 0) is 0 Å². The van der Waals surface area contributed by atoms with Crippen LogP contribution in [0, 0.1) is 13.8 Å². The molecule has 1 aromatic carbocycles. The molecule has 80 valence electrons. The summed E-state index contributed by atoms with van der Waals surface area (Å²) < 4.78 is 10.8. The summed E-state index contributed by atoms with van der Waals surface area (Å²) in [5.74, 6) is 0. The van der Waals surface area contributed by atoms with Gasteiger partial charge in [0.15, 0.2) is 5.43 Å². The van der Waals surface area contributed by atoms with Crippen molar-refractivity contribution in [2.45, 2.75) is 13.8 Å². The standard InChI is InChI=1S/C13H10O3/c1-7-9-3-5-15-12(9)8(2)13-11(7)10(14)4-6-16-13/h3-6H,1-2H3. The van der Waals surface area contributed by atoms with Gasteiger partial charge in [-0.05, 0) is 25.5 Å². The number of rotatable bonds is 0. The van der Waals surface area contributed by atoms with Crippen LogP contribution in [0.1, 0.15) is 11.1 Å². The summed E-state index contributed by atoms with van der Waals surface area (Å²) in [5.41, 5.74) is 3.19. The topological polar surface area (TPSA) is 43.4 Å². The van der Waals surface area contributed by atoms with Crippen molar-refractivity contribution in [3.8, 4) is 0 Å². The molecule has 0 unspecified atom stereocenters. The van der Waals surface area contributed by atoms with Crippen LogP contribution >= 0.6 is 0 Å². The first-order valence-corrected chi connectivity index (χ1v) is 5.08. The van der Waals surface area contributed by atoms with Crippen molar-refractivity contribution in [3.63, 3.8) is 0 Å². The molecule has 0 atom stereocenters. The molecular weight excluding hydrogens is 204 g/mol. The molecule has 3 nitrogen and oxygen atoms in total. The molecular formula is C13H10O3. The Balaban J connectivity index is 2.76. The molecule has 0 aliphatic rings. The Hall–Kier alpha value is -2.03. The highest BCUT2D eigenvalue weighted by molar-refractivity contribution is 6.00. The molecule has 0 saturated heterocycles. The van der Waals surface area contributed by atoms with Gasteiger partial charge in [-0.15, -0.1) is 0 Å². The maximum Gasteiger partial charge on any atom is 0.192 e. The van der Waals surface area contributed by atoms with Crippen molar-refractivity contribution in [1.29, 1.82) is 0 Å².